The minimum Gasteiger partial charge on any atom is -0.477 e. The summed E-state index contributed by atoms with van der Waals surface area (Å²) in [6.45, 7) is 0. The summed E-state index contributed by atoms with van der Waals surface area (Å²) in [6, 6.07) is 6.15. The quantitative estimate of drug-likeness (QED) is 0.136. The van der Waals surface area contributed by atoms with E-state index in [0.717, 1.165) is 0 Å². The number of benzene rings is 1. The molecule has 2 aliphatic rings. The van der Waals surface area contributed by atoms with Crippen molar-refractivity contribution in [3.05, 3.63) is 64.0 Å². The van der Waals surface area contributed by atoms with Crippen molar-refractivity contribution in [1.82, 2.24) is 10.2 Å². The fourth-order valence-corrected chi connectivity index (χ4v) is 8.54. The van der Waals surface area contributed by atoms with Crippen LogP contribution >= 0.6 is 58.5 Å². The Balaban J connectivity index is 1.37. The number of primary sulfonamides is 1. The SMILES string of the molecule is NS(=O)(=O)CC[C@@H](C(=O)O)[n+]1ccc(SCC2=C(C(=O)O)N3C(=O)[C@H](NC(=O)CSc4cc(Cl)ccc4Cl)[C@H]3SC2)cc1. The van der Waals surface area contributed by atoms with E-state index >= 15 is 0 Å². The Morgan fingerprint density at radius 3 is 2.49 bits per heavy atom. The lowest BCUT2D eigenvalue weighted by atomic mass is 10.0. The highest BCUT2D eigenvalue weighted by atomic mass is 35.5. The number of aromatic nitrogens is 1. The molecule has 0 bridgehead atoms. The average Bonchev–Trinajstić information content (AvgIpc) is 2.94. The molecule has 4 rings (SSSR count). The van der Waals surface area contributed by atoms with Gasteiger partial charge in [-0.2, -0.15) is 4.57 Å². The molecule has 0 unspecified atom stereocenters. The van der Waals surface area contributed by atoms with Crippen LogP contribution in [-0.4, -0.2) is 81.7 Å². The second kappa shape index (κ2) is 14.1. The van der Waals surface area contributed by atoms with Gasteiger partial charge in [-0.05, 0) is 23.8 Å². The Morgan fingerprint density at radius 2 is 1.86 bits per heavy atom. The molecule has 3 heterocycles. The van der Waals surface area contributed by atoms with Crippen molar-refractivity contribution in [1.29, 1.82) is 0 Å². The summed E-state index contributed by atoms with van der Waals surface area (Å²) in [5.74, 6) is -3.32. The number of nitrogens with zero attached hydrogens (tertiary/aromatic N) is 2. The molecule has 18 heteroatoms. The smallest absolute Gasteiger partial charge is 0.373 e. The third kappa shape index (κ3) is 8.38. The predicted molar refractivity (Wildman–Crippen MR) is 163 cm³/mol. The van der Waals surface area contributed by atoms with Gasteiger partial charge in [0, 0.05) is 44.9 Å². The number of carbonyl (C=O) groups excluding carboxylic acids is 2. The lowest BCUT2D eigenvalue weighted by Crippen LogP contribution is -2.70. The van der Waals surface area contributed by atoms with Crippen molar-refractivity contribution in [2.24, 2.45) is 5.14 Å². The average molecular weight is 709 g/mol. The molecule has 2 amide bonds. The number of hydrogen-bond donors (Lipinski definition) is 4. The monoisotopic (exact) mass is 707 g/mol. The van der Waals surface area contributed by atoms with Crippen molar-refractivity contribution in [3.63, 3.8) is 0 Å². The fourth-order valence-electron chi connectivity index (χ4n) is 4.32. The van der Waals surface area contributed by atoms with Crippen molar-refractivity contribution >= 4 is 92.3 Å². The predicted octanol–water partition coefficient (Wildman–Crippen LogP) is 2.21. The van der Waals surface area contributed by atoms with Crippen LogP contribution in [0.1, 0.15) is 12.5 Å². The highest BCUT2D eigenvalue weighted by Crippen LogP contribution is 2.41. The molecule has 1 aromatic carbocycles. The fraction of sp³-hybridized carbons (Fsp3) is 0.320. The summed E-state index contributed by atoms with van der Waals surface area (Å²) in [6.07, 6.45) is 2.78. The number of nitrogens with two attached hydrogens (primary N) is 1. The number of aliphatic carboxylic acids is 2. The Labute approximate surface area is 269 Å². The Bertz CT molecular complexity index is 1590. The van der Waals surface area contributed by atoms with Crippen LogP contribution in [0.5, 0.6) is 0 Å². The molecule has 230 valence electrons. The van der Waals surface area contributed by atoms with Gasteiger partial charge in [0.25, 0.3) is 11.9 Å². The molecule has 0 saturated carbocycles. The number of amides is 2. The van der Waals surface area contributed by atoms with Gasteiger partial charge in [0.2, 0.25) is 15.9 Å². The molecule has 0 spiro atoms. The van der Waals surface area contributed by atoms with Gasteiger partial charge < -0.3 is 15.5 Å². The molecule has 1 saturated heterocycles. The number of thioether (sulfide) groups is 3. The number of hydrogen-bond acceptors (Lipinski definition) is 9. The lowest BCUT2D eigenvalue weighted by Gasteiger charge is -2.49. The standard InChI is InChI=1S/C25H24Cl2N4O8S4/c26-14-1-2-16(27)18(9-14)41-12-19(32)29-20-22(33)31-21(25(36)37)13(11-42-23(20)31)10-40-15-3-6-30(7-4-15)17(24(34)35)5-8-43(28,38)39/h1-4,6-7,9,17,20,23H,5,8,10-12H2,(H4-,28,29,32,34,35,36,37,38,39)/p+1/t17-,20-,23+/m0/s1. The van der Waals surface area contributed by atoms with Crippen LogP contribution in [0.25, 0.3) is 0 Å². The van der Waals surface area contributed by atoms with Gasteiger partial charge in [-0.3, -0.25) is 14.5 Å². The van der Waals surface area contributed by atoms with E-state index in [1.807, 2.05) is 0 Å². The summed E-state index contributed by atoms with van der Waals surface area (Å²) >= 11 is 15.9. The van der Waals surface area contributed by atoms with Gasteiger partial charge in [-0.1, -0.05) is 23.2 Å². The molecule has 2 aliphatic heterocycles. The van der Waals surface area contributed by atoms with Gasteiger partial charge in [-0.15, -0.1) is 35.3 Å². The minimum atomic E-state index is -3.83. The molecule has 12 nitrogen and oxygen atoms in total. The lowest BCUT2D eigenvalue weighted by molar-refractivity contribution is -0.711. The van der Waals surface area contributed by atoms with Crippen molar-refractivity contribution in [3.8, 4) is 0 Å². The highest BCUT2D eigenvalue weighted by Gasteiger charge is 2.54. The van der Waals surface area contributed by atoms with E-state index in [2.05, 4.69) is 5.32 Å². The molecule has 43 heavy (non-hydrogen) atoms. The second-order valence-electron chi connectivity index (χ2n) is 9.36. The van der Waals surface area contributed by atoms with E-state index < -0.39 is 57.0 Å². The molecule has 2 aromatic rings. The van der Waals surface area contributed by atoms with Crippen LogP contribution in [0, 0.1) is 0 Å². The molecular weight excluding hydrogens is 683 g/mol. The first-order chi connectivity index (χ1) is 20.2. The maximum absolute atomic E-state index is 13.0. The van der Waals surface area contributed by atoms with Crippen LogP contribution in [0.2, 0.25) is 10.0 Å². The number of sulfonamides is 1. The number of nitrogens with one attached hydrogen (secondary N) is 1. The van der Waals surface area contributed by atoms with E-state index in [1.165, 1.54) is 57.1 Å². The zero-order chi connectivity index (χ0) is 31.5. The number of pyridine rings is 1. The number of carboxylic acid groups (broad SMARTS) is 2. The first-order valence-corrected chi connectivity index (χ1v) is 17.9. The summed E-state index contributed by atoms with van der Waals surface area (Å²) in [7, 11) is -3.83. The van der Waals surface area contributed by atoms with Crippen molar-refractivity contribution in [2.75, 3.05) is 23.0 Å². The number of fused-ring (bicyclic) bond motifs is 1. The van der Waals surface area contributed by atoms with Crippen molar-refractivity contribution < 1.29 is 42.4 Å². The molecule has 0 radical (unpaired) electrons. The molecular formula is C25H25Cl2N4O8S4+. The number of carbonyl (C=O) groups is 4. The van der Waals surface area contributed by atoms with Gasteiger partial charge in [0.05, 0.1) is 16.5 Å². The maximum Gasteiger partial charge on any atom is 0.373 e. The highest BCUT2D eigenvalue weighted by molar-refractivity contribution is 8.01. The molecule has 5 N–H and O–H groups in total. The summed E-state index contributed by atoms with van der Waals surface area (Å²) in [4.78, 5) is 51.9. The second-order valence-corrected chi connectivity index (χ2v) is 15.1. The first-order valence-electron chi connectivity index (χ1n) is 12.4. The number of rotatable bonds is 13. The van der Waals surface area contributed by atoms with Crippen LogP contribution in [-0.2, 0) is 29.2 Å². The van der Waals surface area contributed by atoms with Crippen LogP contribution < -0.4 is 15.0 Å². The maximum atomic E-state index is 13.0. The molecule has 3 atom stereocenters. The molecule has 0 aliphatic carbocycles. The Hall–Kier alpha value is -2.47. The number of halogens is 2. The zero-order valence-corrected chi connectivity index (χ0v) is 26.8. The largest absolute Gasteiger partial charge is 0.477 e. The van der Waals surface area contributed by atoms with Gasteiger partial charge in [0.15, 0.2) is 12.4 Å². The van der Waals surface area contributed by atoms with Crippen LogP contribution in [0.4, 0.5) is 0 Å². The number of β-lactam (4-membered cyclic amide) rings is 1. The van der Waals surface area contributed by atoms with E-state index in [-0.39, 0.29) is 23.6 Å². The van der Waals surface area contributed by atoms with E-state index in [0.29, 0.717) is 31.2 Å². The first kappa shape index (κ1) is 33.4. The third-order valence-electron chi connectivity index (χ3n) is 6.37. The van der Waals surface area contributed by atoms with Crippen molar-refractivity contribution in [2.45, 2.75) is 33.7 Å². The number of carboxylic acids is 2. The van der Waals surface area contributed by atoms with Gasteiger partial charge in [0.1, 0.15) is 17.1 Å². The van der Waals surface area contributed by atoms with E-state index in [1.54, 1.807) is 30.3 Å². The molecule has 1 fully saturated rings. The van der Waals surface area contributed by atoms with E-state index in [9.17, 15) is 37.8 Å². The van der Waals surface area contributed by atoms with Gasteiger partial charge >= 0.3 is 11.9 Å². The Kier molecular flexibility index (Phi) is 11.0. The summed E-state index contributed by atoms with van der Waals surface area (Å²) in [5.41, 5.74) is 0.406. The Morgan fingerprint density at radius 1 is 1.16 bits per heavy atom. The third-order valence-corrected chi connectivity index (χ3v) is 11.3. The zero-order valence-electron chi connectivity index (χ0n) is 22.0. The minimum absolute atomic E-state index is 0.0127. The normalized spacial score (nSPS) is 19.0. The topological polar surface area (TPSA) is 188 Å². The molecule has 1 aromatic heterocycles. The van der Waals surface area contributed by atoms with E-state index in [4.69, 9.17) is 28.3 Å². The summed E-state index contributed by atoms with van der Waals surface area (Å²) in [5, 5.41) is 27.5. The van der Waals surface area contributed by atoms with Crippen LogP contribution in [0.3, 0.4) is 0 Å². The van der Waals surface area contributed by atoms with Crippen LogP contribution in [0.15, 0.2) is 63.8 Å². The van der Waals surface area contributed by atoms with Gasteiger partial charge in [-0.25, -0.2) is 23.1 Å². The summed E-state index contributed by atoms with van der Waals surface area (Å²) < 4.78 is 23.9.